The first-order valence-corrected chi connectivity index (χ1v) is 8.04. The van der Waals surface area contributed by atoms with Crippen molar-refractivity contribution in [3.63, 3.8) is 0 Å². The van der Waals surface area contributed by atoms with Gasteiger partial charge >= 0.3 is 0 Å². The van der Waals surface area contributed by atoms with Crippen molar-refractivity contribution in [2.24, 2.45) is 0 Å². The van der Waals surface area contributed by atoms with Crippen LogP contribution in [0.25, 0.3) is 5.65 Å². The predicted molar refractivity (Wildman–Crippen MR) is 85.0 cm³/mol. The smallest absolute Gasteiger partial charge is 0.231 e. The lowest BCUT2D eigenvalue weighted by Crippen LogP contribution is -2.20. The van der Waals surface area contributed by atoms with Crippen molar-refractivity contribution in [3.05, 3.63) is 48.7 Å². The molecular formula is C16H16N4S. The van der Waals surface area contributed by atoms with E-state index in [9.17, 15) is 0 Å². The molecule has 1 aromatic carbocycles. The minimum absolute atomic E-state index is 0.911. The second kappa shape index (κ2) is 5.41. The molecule has 4 rings (SSSR count). The topological polar surface area (TPSA) is 33.4 Å². The molecular weight excluding hydrogens is 280 g/mol. The summed E-state index contributed by atoms with van der Waals surface area (Å²) in [6.45, 7) is 2.16. The van der Waals surface area contributed by atoms with Gasteiger partial charge in [-0.3, -0.25) is 4.40 Å². The van der Waals surface area contributed by atoms with Crippen LogP contribution in [0.3, 0.4) is 0 Å². The Balaban J connectivity index is 1.69. The van der Waals surface area contributed by atoms with Crippen LogP contribution in [-0.2, 0) is 0 Å². The molecule has 4 nitrogen and oxygen atoms in total. The van der Waals surface area contributed by atoms with E-state index in [-0.39, 0.29) is 0 Å². The van der Waals surface area contributed by atoms with Crippen LogP contribution in [0.5, 0.6) is 0 Å². The van der Waals surface area contributed by atoms with E-state index >= 15 is 0 Å². The summed E-state index contributed by atoms with van der Waals surface area (Å²) in [4.78, 5) is 4.76. The molecule has 0 amide bonds. The van der Waals surface area contributed by atoms with Crippen LogP contribution >= 0.6 is 11.8 Å². The molecule has 0 saturated carbocycles. The van der Waals surface area contributed by atoms with Gasteiger partial charge in [0.05, 0.1) is 0 Å². The summed E-state index contributed by atoms with van der Waals surface area (Å²) in [6.07, 6.45) is 4.63. The van der Waals surface area contributed by atoms with Crippen molar-refractivity contribution in [2.45, 2.75) is 22.6 Å². The number of benzene rings is 1. The number of hydrogen-bond donors (Lipinski definition) is 0. The fourth-order valence-electron chi connectivity index (χ4n) is 2.68. The molecule has 0 radical (unpaired) electrons. The lowest BCUT2D eigenvalue weighted by atomic mass is 10.4. The van der Waals surface area contributed by atoms with Gasteiger partial charge in [0.1, 0.15) is 0 Å². The summed E-state index contributed by atoms with van der Waals surface area (Å²) in [5.41, 5.74) is 0.911. The van der Waals surface area contributed by atoms with Gasteiger partial charge in [-0.15, -0.1) is 10.2 Å². The van der Waals surface area contributed by atoms with E-state index in [4.69, 9.17) is 0 Å². The Labute approximate surface area is 127 Å². The molecule has 21 heavy (non-hydrogen) atoms. The van der Waals surface area contributed by atoms with Crippen molar-refractivity contribution < 1.29 is 0 Å². The van der Waals surface area contributed by atoms with Gasteiger partial charge < -0.3 is 4.90 Å². The van der Waals surface area contributed by atoms with Gasteiger partial charge in [0.25, 0.3) is 0 Å². The molecule has 1 aliphatic heterocycles. The van der Waals surface area contributed by atoms with Crippen LogP contribution in [0, 0.1) is 0 Å². The van der Waals surface area contributed by atoms with E-state index in [0.717, 1.165) is 24.7 Å². The van der Waals surface area contributed by atoms with Crippen molar-refractivity contribution in [1.82, 2.24) is 14.6 Å². The Morgan fingerprint density at radius 1 is 0.857 bits per heavy atom. The molecule has 1 fully saturated rings. The molecule has 0 unspecified atom stereocenters. The van der Waals surface area contributed by atoms with Gasteiger partial charge in [-0.1, -0.05) is 30.0 Å². The van der Waals surface area contributed by atoms with E-state index in [1.54, 1.807) is 11.8 Å². The van der Waals surface area contributed by atoms with Crippen molar-refractivity contribution in [1.29, 1.82) is 0 Å². The molecule has 1 aliphatic rings. The molecule has 3 aromatic rings. The molecule has 0 spiro atoms. The Morgan fingerprint density at radius 3 is 2.48 bits per heavy atom. The van der Waals surface area contributed by atoms with Crippen LogP contribution in [0.2, 0.25) is 0 Å². The Bertz CT molecular complexity index is 747. The van der Waals surface area contributed by atoms with E-state index < -0.39 is 0 Å². The molecule has 0 atom stereocenters. The molecule has 3 heterocycles. The lowest BCUT2D eigenvalue weighted by Gasteiger charge is -2.14. The minimum Gasteiger partial charge on any atom is -0.341 e. The Morgan fingerprint density at radius 2 is 1.67 bits per heavy atom. The number of nitrogens with zero attached hydrogens (tertiary/aromatic N) is 4. The average molecular weight is 296 g/mol. The number of hydrogen-bond acceptors (Lipinski definition) is 4. The maximum absolute atomic E-state index is 4.36. The van der Waals surface area contributed by atoms with Crippen LogP contribution in [0.1, 0.15) is 12.8 Å². The van der Waals surface area contributed by atoms with Crippen LogP contribution in [0.15, 0.2) is 58.5 Å². The highest BCUT2D eigenvalue weighted by Gasteiger charge is 2.18. The van der Waals surface area contributed by atoms with Crippen LogP contribution in [0.4, 0.5) is 5.95 Å². The molecule has 106 valence electrons. The highest BCUT2D eigenvalue weighted by atomic mass is 32.2. The standard InChI is InChI=1S/C16H16N4S/c1-2-6-13(7-3-1)21-14-8-9-15-17-18-16(20(15)12-14)19-10-4-5-11-19/h1-3,6-9,12H,4-5,10-11H2. The number of rotatable bonds is 3. The molecule has 1 saturated heterocycles. The number of fused-ring (bicyclic) bond motifs is 1. The molecule has 2 aromatic heterocycles. The summed E-state index contributed by atoms with van der Waals surface area (Å²) < 4.78 is 2.11. The first-order valence-electron chi connectivity index (χ1n) is 7.23. The largest absolute Gasteiger partial charge is 0.341 e. The second-order valence-electron chi connectivity index (χ2n) is 5.20. The van der Waals surface area contributed by atoms with E-state index in [2.05, 4.69) is 56.0 Å². The lowest BCUT2D eigenvalue weighted by molar-refractivity contribution is 0.881. The Hall–Kier alpha value is -2.01. The van der Waals surface area contributed by atoms with Crippen molar-refractivity contribution >= 4 is 23.4 Å². The van der Waals surface area contributed by atoms with Crippen LogP contribution in [-0.4, -0.2) is 27.7 Å². The zero-order valence-electron chi connectivity index (χ0n) is 11.6. The van der Waals surface area contributed by atoms with Gasteiger partial charge in [0, 0.05) is 29.1 Å². The summed E-state index contributed by atoms with van der Waals surface area (Å²) >= 11 is 1.76. The number of aromatic nitrogens is 3. The van der Waals surface area contributed by atoms with E-state index in [1.165, 1.54) is 22.6 Å². The quantitative estimate of drug-likeness (QED) is 0.741. The molecule has 0 bridgehead atoms. The van der Waals surface area contributed by atoms with Crippen LogP contribution < -0.4 is 4.90 Å². The highest BCUT2D eigenvalue weighted by molar-refractivity contribution is 7.99. The summed E-state index contributed by atoms with van der Waals surface area (Å²) in [6, 6.07) is 14.6. The first kappa shape index (κ1) is 12.7. The van der Waals surface area contributed by atoms with Crippen molar-refractivity contribution in [2.75, 3.05) is 18.0 Å². The van der Waals surface area contributed by atoms with Gasteiger partial charge in [-0.05, 0) is 37.1 Å². The third kappa shape index (κ3) is 2.49. The van der Waals surface area contributed by atoms with Gasteiger partial charge in [0.15, 0.2) is 5.65 Å². The molecule has 5 heteroatoms. The minimum atomic E-state index is 0.911. The number of anilines is 1. The summed E-state index contributed by atoms with van der Waals surface area (Å²) in [5, 5.41) is 8.63. The zero-order chi connectivity index (χ0) is 14.1. The zero-order valence-corrected chi connectivity index (χ0v) is 12.5. The van der Waals surface area contributed by atoms with Crippen molar-refractivity contribution in [3.8, 4) is 0 Å². The molecule has 0 aliphatic carbocycles. The van der Waals surface area contributed by atoms with E-state index in [0.29, 0.717) is 0 Å². The van der Waals surface area contributed by atoms with Gasteiger partial charge in [-0.25, -0.2) is 0 Å². The number of pyridine rings is 1. The fourth-order valence-corrected chi connectivity index (χ4v) is 3.54. The SMILES string of the molecule is c1ccc(Sc2ccc3nnc(N4CCCC4)n3c2)cc1. The third-order valence-corrected chi connectivity index (χ3v) is 4.71. The Kier molecular flexibility index (Phi) is 3.27. The fraction of sp³-hybridized carbons (Fsp3) is 0.250. The maximum Gasteiger partial charge on any atom is 0.231 e. The van der Waals surface area contributed by atoms with Gasteiger partial charge in [-0.2, -0.15) is 0 Å². The molecule has 0 N–H and O–H groups in total. The van der Waals surface area contributed by atoms with E-state index in [1.807, 2.05) is 12.1 Å². The first-order chi connectivity index (χ1) is 10.4. The maximum atomic E-state index is 4.36. The summed E-state index contributed by atoms with van der Waals surface area (Å²) in [7, 11) is 0. The average Bonchev–Trinajstić information content (AvgIpc) is 3.16. The highest BCUT2D eigenvalue weighted by Crippen LogP contribution is 2.28. The van der Waals surface area contributed by atoms with Gasteiger partial charge in [0.2, 0.25) is 5.95 Å². The predicted octanol–water partition coefficient (Wildman–Crippen LogP) is 3.48. The normalized spacial score (nSPS) is 15.0. The second-order valence-corrected chi connectivity index (χ2v) is 6.35. The summed E-state index contributed by atoms with van der Waals surface area (Å²) in [5.74, 6) is 0.970. The third-order valence-electron chi connectivity index (χ3n) is 3.73. The monoisotopic (exact) mass is 296 g/mol.